The van der Waals surface area contributed by atoms with Gasteiger partial charge >= 0.3 is 0 Å². The van der Waals surface area contributed by atoms with E-state index in [1.807, 2.05) is 18.2 Å². The second-order valence-electron chi connectivity index (χ2n) is 5.22. The highest BCUT2D eigenvalue weighted by Gasteiger charge is 2.19. The minimum absolute atomic E-state index is 0.0116. The Labute approximate surface area is 102 Å². The van der Waals surface area contributed by atoms with Crippen LogP contribution in [-0.4, -0.2) is 4.98 Å². The van der Waals surface area contributed by atoms with Gasteiger partial charge in [-0.15, -0.1) is 6.42 Å². The molecule has 0 aliphatic rings. The van der Waals surface area contributed by atoms with Crippen LogP contribution in [0.15, 0.2) is 24.4 Å². The van der Waals surface area contributed by atoms with Crippen LogP contribution in [0.4, 0.5) is 5.69 Å². The molecule has 2 N–H and O–H groups in total. The van der Waals surface area contributed by atoms with Crippen LogP contribution in [0.5, 0.6) is 0 Å². The Morgan fingerprint density at radius 2 is 2.00 bits per heavy atom. The third-order valence-corrected chi connectivity index (χ3v) is 2.83. The maximum atomic E-state index is 5.92. The number of terminal acetylenes is 1. The standard InChI is InChI=1S/C15H16N2/c1-5-10-6-7-17-13-9-11(16)8-12(14(10)13)15(2,3)4/h1,6-9H,16H2,2-4H3. The lowest BCUT2D eigenvalue weighted by molar-refractivity contribution is 0.596. The molecule has 86 valence electrons. The van der Waals surface area contributed by atoms with E-state index in [2.05, 4.69) is 31.7 Å². The van der Waals surface area contributed by atoms with Crippen molar-refractivity contribution in [3.05, 3.63) is 35.5 Å². The van der Waals surface area contributed by atoms with E-state index in [-0.39, 0.29) is 5.41 Å². The first-order chi connectivity index (χ1) is 7.93. The van der Waals surface area contributed by atoms with Crippen molar-refractivity contribution in [2.45, 2.75) is 26.2 Å². The number of nitrogens with two attached hydrogens (primary N) is 1. The molecule has 2 rings (SSSR count). The predicted molar refractivity (Wildman–Crippen MR) is 72.8 cm³/mol. The number of aromatic nitrogens is 1. The molecule has 1 heterocycles. The zero-order valence-corrected chi connectivity index (χ0v) is 10.4. The van der Waals surface area contributed by atoms with E-state index in [1.54, 1.807) is 6.20 Å². The molecule has 0 radical (unpaired) electrons. The van der Waals surface area contributed by atoms with Crippen molar-refractivity contribution < 1.29 is 0 Å². The Hall–Kier alpha value is -2.01. The van der Waals surface area contributed by atoms with Gasteiger partial charge in [0.15, 0.2) is 0 Å². The van der Waals surface area contributed by atoms with Gasteiger partial charge < -0.3 is 5.73 Å². The number of pyridine rings is 1. The van der Waals surface area contributed by atoms with Crippen molar-refractivity contribution in [1.29, 1.82) is 0 Å². The molecule has 17 heavy (non-hydrogen) atoms. The third kappa shape index (κ3) is 1.97. The van der Waals surface area contributed by atoms with E-state index in [9.17, 15) is 0 Å². The second-order valence-corrected chi connectivity index (χ2v) is 5.22. The number of rotatable bonds is 0. The first kappa shape index (κ1) is 11.5. The van der Waals surface area contributed by atoms with Crippen molar-refractivity contribution >= 4 is 16.6 Å². The van der Waals surface area contributed by atoms with Gasteiger partial charge in [-0.25, -0.2) is 0 Å². The Morgan fingerprint density at radius 1 is 1.29 bits per heavy atom. The summed E-state index contributed by atoms with van der Waals surface area (Å²) in [7, 11) is 0. The normalized spacial score (nSPS) is 11.4. The number of nitrogen functional groups attached to an aromatic ring is 1. The van der Waals surface area contributed by atoms with E-state index >= 15 is 0 Å². The monoisotopic (exact) mass is 224 g/mol. The summed E-state index contributed by atoms with van der Waals surface area (Å²) in [6.07, 6.45) is 7.28. The Kier molecular flexibility index (Phi) is 2.55. The maximum Gasteiger partial charge on any atom is 0.0737 e. The van der Waals surface area contributed by atoms with Crippen LogP contribution in [0.3, 0.4) is 0 Å². The SMILES string of the molecule is C#Cc1ccnc2cc(N)cc(C(C)(C)C)c12. The molecule has 0 aliphatic heterocycles. The van der Waals surface area contributed by atoms with Gasteiger partial charge in [-0.1, -0.05) is 26.7 Å². The quantitative estimate of drug-likeness (QED) is 0.551. The molecule has 2 nitrogen and oxygen atoms in total. The number of benzene rings is 1. The van der Waals surface area contributed by atoms with Gasteiger partial charge in [0.2, 0.25) is 0 Å². The van der Waals surface area contributed by atoms with E-state index in [0.717, 1.165) is 27.7 Å². The van der Waals surface area contributed by atoms with Crippen molar-refractivity contribution in [1.82, 2.24) is 4.98 Å². The molecule has 0 atom stereocenters. The lowest BCUT2D eigenvalue weighted by Crippen LogP contribution is -2.13. The van der Waals surface area contributed by atoms with Crippen molar-refractivity contribution in [2.24, 2.45) is 0 Å². The molecular weight excluding hydrogens is 208 g/mol. The lowest BCUT2D eigenvalue weighted by atomic mass is 9.83. The summed E-state index contributed by atoms with van der Waals surface area (Å²) in [5.41, 5.74) is 9.52. The molecule has 0 saturated heterocycles. The average molecular weight is 224 g/mol. The summed E-state index contributed by atoms with van der Waals surface area (Å²) >= 11 is 0. The minimum atomic E-state index is -0.0116. The first-order valence-corrected chi connectivity index (χ1v) is 5.59. The Morgan fingerprint density at radius 3 is 2.59 bits per heavy atom. The fraction of sp³-hybridized carbons (Fsp3) is 0.267. The molecule has 2 heteroatoms. The van der Waals surface area contributed by atoms with Crippen LogP contribution >= 0.6 is 0 Å². The third-order valence-electron chi connectivity index (χ3n) is 2.83. The van der Waals surface area contributed by atoms with Crippen LogP contribution in [0.2, 0.25) is 0 Å². The molecule has 0 saturated carbocycles. The van der Waals surface area contributed by atoms with Crippen LogP contribution in [0.25, 0.3) is 10.9 Å². The van der Waals surface area contributed by atoms with Crippen LogP contribution in [-0.2, 0) is 5.41 Å². The van der Waals surface area contributed by atoms with Crippen molar-refractivity contribution in [3.8, 4) is 12.3 Å². The smallest absolute Gasteiger partial charge is 0.0737 e. The van der Waals surface area contributed by atoms with Crippen molar-refractivity contribution in [3.63, 3.8) is 0 Å². The van der Waals surface area contributed by atoms with E-state index < -0.39 is 0 Å². The largest absolute Gasteiger partial charge is 0.399 e. The Balaban J connectivity index is 2.96. The number of nitrogens with zero attached hydrogens (tertiary/aromatic N) is 1. The van der Waals surface area contributed by atoms with Gasteiger partial charge in [0.25, 0.3) is 0 Å². The minimum Gasteiger partial charge on any atom is -0.399 e. The summed E-state index contributed by atoms with van der Waals surface area (Å²) in [5, 5.41) is 1.04. The maximum absolute atomic E-state index is 5.92. The average Bonchev–Trinajstić information content (AvgIpc) is 2.25. The van der Waals surface area contributed by atoms with Crippen LogP contribution in [0, 0.1) is 12.3 Å². The molecular formula is C15H16N2. The fourth-order valence-corrected chi connectivity index (χ4v) is 2.02. The molecule has 1 aromatic heterocycles. The number of hydrogen-bond acceptors (Lipinski definition) is 2. The van der Waals surface area contributed by atoms with Gasteiger partial charge in [-0.3, -0.25) is 4.98 Å². The molecule has 0 unspecified atom stereocenters. The van der Waals surface area contributed by atoms with Gasteiger partial charge in [0, 0.05) is 22.8 Å². The lowest BCUT2D eigenvalue weighted by Gasteiger charge is -2.22. The molecule has 0 aliphatic carbocycles. The summed E-state index contributed by atoms with van der Waals surface area (Å²) in [5.74, 6) is 2.72. The molecule has 2 aromatic rings. The molecule has 0 fully saturated rings. The fourth-order valence-electron chi connectivity index (χ4n) is 2.02. The zero-order chi connectivity index (χ0) is 12.6. The molecule has 0 spiro atoms. The Bertz CT molecular complexity index is 613. The molecule has 0 amide bonds. The molecule has 0 bridgehead atoms. The van der Waals surface area contributed by atoms with Crippen molar-refractivity contribution in [2.75, 3.05) is 5.73 Å². The first-order valence-electron chi connectivity index (χ1n) is 5.59. The van der Waals surface area contributed by atoms with E-state index in [0.29, 0.717) is 0 Å². The number of hydrogen-bond donors (Lipinski definition) is 1. The van der Waals surface area contributed by atoms with E-state index in [4.69, 9.17) is 12.2 Å². The highest BCUT2D eigenvalue weighted by molar-refractivity contribution is 5.91. The summed E-state index contributed by atoms with van der Waals surface area (Å²) in [4.78, 5) is 4.35. The summed E-state index contributed by atoms with van der Waals surface area (Å²) in [6.45, 7) is 6.44. The second kappa shape index (κ2) is 3.78. The van der Waals surface area contributed by atoms with Crippen LogP contribution in [0.1, 0.15) is 31.9 Å². The van der Waals surface area contributed by atoms with Gasteiger partial charge in [-0.2, -0.15) is 0 Å². The summed E-state index contributed by atoms with van der Waals surface area (Å²) in [6, 6.07) is 5.73. The highest BCUT2D eigenvalue weighted by atomic mass is 14.7. The van der Waals surface area contributed by atoms with Gasteiger partial charge in [-0.05, 0) is 29.2 Å². The zero-order valence-electron chi connectivity index (χ0n) is 10.4. The van der Waals surface area contributed by atoms with Crippen LogP contribution < -0.4 is 5.73 Å². The molecule has 1 aromatic carbocycles. The number of fused-ring (bicyclic) bond motifs is 1. The topological polar surface area (TPSA) is 38.9 Å². The van der Waals surface area contributed by atoms with Gasteiger partial charge in [0.05, 0.1) is 5.52 Å². The number of anilines is 1. The van der Waals surface area contributed by atoms with E-state index in [1.165, 1.54) is 0 Å². The van der Waals surface area contributed by atoms with Gasteiger partial charge in [0.1, 0.15) is 0 Å². The predicted octanol–water partition coefficient (Wildman–Crippen LogP) is 3.10. The highest BCUT2D eigenvalue weighted by Crippen LogP contribution is 2.33. The summed E-state index contributed by atoms with van der Waals surface area (Å²) < 4.78 is 0.